The van der Waals surface area contributed by atoms with E-state index in [2.05, 4.69) is 0 Å². The molecule has 1 fully saturated rings. The summed E-state index contributed by atoms with van der Waals surface area (Å²) in [6.07, 6.45) is 1.66. The highest BCUT2D eigenvalue weighted by Crippen LogP contribution is 2.35. The second-order valence-corrected chi connectivity index (χ2v) is 4.50. The van der Waals surface area contributed by atoms with Crippen LogP contribution in [0.3, 0.4) is 0 Å². The summed E-state index contributed by atoms with van der Waals surface area (Å²) in [5.74, 6) is -3.36. The highest BCUT2D eigenvalue weighted by molar-refractivity contribution is 5.85. The van der Waals surface area contributed by atoms with E-state index in [4.69, 9.17) is 5.73 Å². The minimum Gasteiger partial charge on any atom is -0.391 e. The van der Waals surface area contributed by atoms with Gasteiger partial charge in [0.05, 0.1) is 12.1 Å². The van der Waals surface area contributed by atoms with E-state index in [1.165, 1.54) is 0 Å². The summed E-state index contributed by atoms with van der Waals surface area (Å²) in [6, 6.07) is 0.206. The Bertz CT molecular complexity index is 426. The van der Waals surface area contributed by atoms with Gasteiger partial charge in [0.2, 0.25) is 0 Å². The monoisotopic (exact) mass is 281 g/mol. The van der Waals surface area contributed by atoms with Gasteiger partial charge in [-0.15, -0.1) is 12.4 Å². The number of rotatable bonds is 3. The minimum atomic E-state index is -1.28. The average molecular weight is 282 g/mol. The highest BCUT2D eigenvalue weighted by atomic mass is 35.5. The Hall–Kier alpha value is -0.780. The SMILES string of the molecule is Cl.N[C@@H](c1cc(F)cc(F)c1F)[C@H](O)C1CCC1. The van der Waals surface area contributed by atoms with Crippen LogP contribution in [0.4, 0.5) is 13.2 Å². The van der Waals surface area contributed by atoms with E-state index in [0.717, 1.165) is 25.3 Å². The Balaban J connectivity index is 0.00000162. The summed E-state index contributed by atoms with van der Waals surface area (Å²) in [7, 11) is 0. The van der Waals surface area contributed by atoms with Crippen molar-refractivity contribution >= 4 is 12.4 Å². The smallest absolute Gasteiger partial charge is 0.163 e. The number of benzene rings is 1. The lowest BCUT2D eigenvalue weighted by Crippen LogP contribution is -2.37. The van der Waals surface area contributed by atoms with Gasteiger partial charge in [-0.2, -0.15) is 0 Å². The summed E-state index contributed by atoms with van der Waals surface area (Å²) >= 11 is 0. The van der Waals surface area contributed by atoms with Crippen LogP contribution in [0, 0.1) is 23.4 Å². The van der Waals surface area contributed by atoms with Crippen molar-refractivity contribution in [1.82, 2.24) is 0 Å². The average Bonchev–Trinajstić information content (AvgIpc) is 2.19. The number of hydrogen-bond donors (Lipinski definition) is 2. The molecule has 2 rings (SSSR count). The molecule has 0 radical (unpaired) electrons. The molecule has 0 amide bonds. The molecule has 0 saturated heterocycles. The van der Waals surface area contributed by atoms with Crippen LogP contribution in [0.1, 0.15) is 30.9 Å². The fraction of sp³-hybridized carbons (Fsp3) is 0.500. The van der Waals surface area contributed by atoms with Gasteiger partial charge in [0.25, 0.3) is 0 Å². The first-order valence-corrected chi connectivity index (χ1v) is 5.59. The van der Waals surface area contributed by atoms with Crippen LogP contribution >= 0.6 is 12.4 Å². The normalized spacial score (nSPS) is 18.7. The molecule has 0 aliphatic heterocycles. The first kappa shape index (κ1) is 15.3. The van der Waals surface area contributed by atoms with Crippen LogP contribution in [0.2, 0.25) is 0 Å². The Labute approximate surface area is 109 Å². The molecule has 2 atom stereocenters. The third-order valence-corrected chi connectivity index (χ3v) is 3.38. The largest absolute Gasteiger partial charge is 0.391 e. The van der Waals surface area contributed by atoms with Gasteiger partial charge in [-0.25, -0.2) is 13.2 Å². The molecule has 1 aromatic rings. The molecule has 1 aromatic carbocycles. The van der Waals surface area contributed by atoms with Crippen molar-refractivity contribution in [2.45, 2.75) is 31.4 Å². The van der Waals surface area contributed by atoms with E-state index in [-0.39, 0.29) is 23.9 Å². The number of halogens is 4. The predicted octanol–water partition coefficient (Wildman–Crippen LogP) is 2.69. The molecular formula is C12H15ClF3NO. The maximum Gasteiger partial charge on any atom is 0.163 e. The Morgan fingerprint density at radius 3 is 2.33 bits per heavy atom. The van der Waals surface area contributed by atoms with Crippen molar-refractivity contribution in [2.75, 3.05) is 0 Å². The van der Waals surface area contributed by atoms with E-state index in [0.29, 0.717) is 6.07 Å². The Morgan fingerprint density at radius 1 is 1.22 bits per heavy atom. The number of nitrogens with two attached hydrogens (primary N) is 1. The van der Waals surface area contributed by atoms with Crippen LogP contribution in [0.5, 0.6) is 0 Å². The Morgan fingerprint density at radius 2 is 1.83 bits per heavy atom. The summed E-state index contributed by atoms with van der Waals surface area (Å²) in [6.45, 7) is 0. The summed E-state index contributed by atoms with van der Waals surface area (Å²) in [5.41, 5.74) is 5.36. The molecule has 0 bridgehead atoms. The van der Waals surface area contributed by atoms with Crippen LogP contribution in [-0.2, 0) is 0 Å². The van der Waals surface area contributed by atoms with Gasteiger partial charge in [-0.3, -0.25) is 0 Å². The van der Waals surface area contributed by atoms with Gasteiger partial charge in [-0.05, 0) is 24.8 Å². The second-order valence-electron chi connectivity index (χ2n) is 4.50. The van der Waals surface area contributed by atoms with Crippen molar-refractivity contribution in [3.8, 4) is 0 Å². The van der Waals surface area contributed by atoms with Gasteiger partial charge in [0.15, 0.2) is 11.6 Å². The van der Waals surface area contributed by atoms with Crippen LogP contribution < -0.4 is 5.73 Å². The molecule has 6 heteroatoms. The molecule has 0 spiro atoms. The van der Waals surface area contributed by atoms with Crippen molar-refractivity contribution in [2.24, 2.45) is 11.7 Å². The lowest BCUT2D eigenvalue weighted by molar-refractivity contribution is 0.0402. The van der Waals surface area contributed by atoms with E-state index in [1.807, 2.05) is 0 Å². The van der Waals surface area contributed by atoms with Gasteiger partial charge in [-0.1, -0.05) is 6.42 Å². The Kier molecular flexibility index (Phi) is 5.01. The first-order valence-electron chi connectivity index (χ1n) is 5.59. The molecule has 102 valence electrons. The standard InChI is InChI=1S/C12H14F3NO.ClH/c13-7-4-8(10(15)9(14)5-7)11(16)12(17)6-2-1-3-6;/h4-6,11-12,17H,1-3,16H2;1H/t11-,12+;/m0./s1. The van der Waals surface area contributed by atoms with E-state index < -0.39 is 29.6 Å². The first-order chi connectivity index (χ1) is 8.00. The molecule has 18 heavy (non-hydrogen) atoms. The quantitative estimate of drug-likeness (QED) is 0.837. The summed E-state index contributed by atoms with van der Waals surface area (Å²) in [4.78, 5) is 0. The zero-order valence-electron chi connectivity index (χ0n) is 9.57. The van der Waals surface area contributed by atoms with E-state index >= 15 is 0 Å². The van der Waals surface area contributed by atoms with Gasteiger partial charge >= 0.3 is 0 Å². The zero-order valence-corrected chi connectivity index (χ0v) is 10.4. The van der Waals surface area contributed by atoms with Crippen LogP contribution in [0.25, 0.3) is 0 Å². The third kappa shape index (κ3) is 2.79. The number of aliphatic hydroxyl groups is 1. The number of hydrogen-bond acceptors (Lipinski definition) is 2. The van der Waals surface area contributed by atoms with Gasteiger partial charge < -0.3 is 10.8 Å². The maximum atomic E-state index is 13.4. The molecule has 2 nitrogen and oxygen atoms in total. The van der Waals surface area contributed by atoms with E-state index in [9.17, 15) is 18.3 Å². The van der Waals surface area contributed by atoms with Crippen molar-refractivity contribution in [1.29, 1.82) is 0 Å². The zero-order chi connectivity index (χ0) is 12.6. The molecule has 0 aromatic heterocycles. The maximum absolute atomic E-state index is 13.4. The van der Waals surface area contributed by atoms with Crippen LogP contribution in [-0.4, -0.2) is 11.2 Å². The molecule has 0 heterocycles. The van der Waals surface area contributed by atoms with Gasteiger partial charge in [0, 0.05) is 11.6 Å². The number of aliphatic hydroxyl groups excluding tert-OH is 1. The summed E-state index contributed by atoms with van der Waals surface area (Å²) in [5, 5.41) is 9.86. The lowest BCUT2D eigenvalue weighted by atomic mass is 9.77. The second kappa shape index (κ2) is 5.91. The molecule has 1 aliphatic rings. The summed E-state index contributed by atoms with van der Waals surface area (Å²) < 4.78 is 39.4. The fourth-order valence-electron chi connectivity index (χ4n) is 2.08. The van der Waals surface area contributed by atoms with Crippen molar-refractivity contribution in [3.63, 3.8) is 0 Å². The molecule has 1 aliphatic carbocycles. The topological polar surface area (TPSA) is 46.2 Å². The predicted molar refractivity (Wildman–Crippen MR) is 63.8 cm³/mol. The van der Waals surface area contributed by atoms with Crippen LogP contribution in [0.15, 0.2) is 12.1 Å². The van der Waals surface area contributed by atoms with Gasteiger partial charge in [0.1, 0.15) is 5.82 Å². The highest BCUT2D eigenvalue weighted by Gasteiger charge is 2.32. The third-order valence-electron chi connectivity index (χ3n) is 3.38. The molecule has 0 unspecified atom stereocenters. The van der Waals surface area contributed by atoms with Crippen molar-refractivity contribution < 1.29 is 18.3 Å². The van der Waals surface area contributed by atoms with Crippen molar-refractivity contribution in [3.05, 3.63) is 35.1 Å². The lowest BCUT2D eigenvalue weighted by Gasteiger charge is -2.33. The molecule has 1 saturated carbocycles. The molecule has 3 N–H and O–H groups in total. The fourth-order valence-corrected chi connectivity index (χ4v) is 2.08. The minimum absolute atomic E-state index is 0. The molecular weight excluding hydrogens is 267 g/mol. The van der Waals surface area contributed by atoms with E-state index in [1.54, 1.807) is 0 Å².